The van der Waals surface area contributed by atoms with Crippen molar-refractivity contribution >= 4 is 27.3 Å². The molecule has 1 aromatic rings. The number of sulfonamides is 1. The normalized spacial score (nSPS) is 11.7. The lowest BCUT2D eigenvalue weighted by molar-refractivity contribution is 0.236. The summed E-state index contributed by atoms with van der Waals surface area (Å²) < 4.78 is 46.9. The minimum Gasteiger partial charge on any atom is -0.504 e. The van der Waals surface area contributed by atoms with Gasteiger partial charge in [-0.3, -0.25) is 4.72 Å². The van der Waals surface area contributed by atoms with Gasteiger partial charge < -0.3 is 5.11 Å². The number of phenolic OH excluding ortho intramolecular Hbond substituents is 1. The molecule has 0 saturated heterocycles. The van der Waals surface area contributed by atoms with Gasteiger partial charge >= 0.3 is 5.76 Å². The fraction of sp³-hybridized carbons (Fsp3) is 0.143. The molecule has 2 N–H and O–H groups in total. The first-order valence-corrected chi connectivity index (χ1v) is 5.54. The van der Waals surface area contributed by atoms with Crippen LogP contribution in [0.15, 0.2) is 18.2 Å². The highest BCUT2D eigenvalue weighted by Crippen LogP contribution is 2.32. The number of halogens is 3. The summed E-state index contributed by atoms with van der Waals surface area (Å²) in [6, 6.07) is 3.71. The fourth-order valence-corrected chi connectivity index (χ4v) is 1.53. The molecule has 1 aromatic carbocycles. The molecular formula is C7H6ClF2NO3S. The van der Waals surface area contributed by atoms with Crippen molar-refractivity contribution < 1.29 is 22.3 Å². The van der Waals surface area contributed by atoms with Crippen molar-refractivity contribution in [3.8, 4) is 5.75 Å². The van der Waals surface area contributed by atoms with Crippen LogP contribution in [0.4, 0.5) is 14.5 Å². The Bertz CT molecular complexity index is 463. The van der Waals surface area contributed by atoms with Crippen molar-refractivity contribution in [2.24, 2.45) is 0 Å². The predicted octanol–water partition coefficient (Wildman–Crippen LogP) is 2.01. The summed E-state index contributed by atoms with van der Waals surface area (Å²) in [6.07, 6.45) is 0. The van der Waals surface area contributed by atoms with Gasteiger partial charge in [-0.2, -0.15) is 8.78 Å². The molecule has 0 heterocycles. The molecule has 15 heavy (non-hydrogen) atoms. The SMILES string of the molecule is O=S(=O)(Nc1cccc(Cl)c1O)C(F)F. The Balaban J connectivity index is 3.06. The molecule has 0 fully saturated rings. The van der Waals surface area contributed by atoms with E-state index in [1.165, 1.54) is 16.9 Å². The second-order valence-corrected chi connectivity index (χ2v) is 4.60. The monoisotopic (exact) mass is 257 g/mol. The van der Waals surface area contributed by atoms with Crippen LogP contribution in [0.5, 0.6) is 5.75 Å². The quantitative estimate of drug-likeness (QED) is 0.814. The van der Waals surface area contributed by atoms with E-state index in [4.69, 9.17) is 11.6 Å². The van der Waals surface area contributed by atoms with Crippen LogP contribution in [0.2, 0.25) is 5.02 Å². The van der Waals surface area contributed by atoms with Crippen LogP contribution < -0.4 is 4.72 Å². The molecule has 0 aliphatic rings. The summed E-state index contributed by atoms with van der Waals surface area (Å²) in [5, 5.41) is 9.10. The lowest BCUT2D eigenvalue weighted by Gasteiger charge is -2.08. The van der Waals surface area contributed by atoms with Gasteiger partial charge in [0.05, 0.1) is 10.7 Å². The highest BCUT2D eigenvalue weighted by Gasteiger charge is 2.25. The number of para-hydroxylation sites is 1. The van der Waals surface area contributed by atoms with Crippen LogP contribution >= 0.6 is 11.6 Å². The van der Waals surface area contributed by atoms with Crippen LogP contribution in [-0.4, -0.2) is 19.3 Å². The molecule has 0 unspecified atom stereocenters. The third-order valence-corrected chi connectivity index (χ3v) is 2.75. The Hall–Kier alpha value is -1.08. The molecule has 8 heteroatoms. The molecule has 0 aliphatic heterocycles. The number of hydrogen-bond donors (Lipinski definition) is 2. The Labute approximate surface area is 89.5 Å². The first-order chi connectivity index (χ1) is 6.84. The Kier molecular flexibility index (Phi) is 3.35. The minimum atomic E-state index is -4.79. The molecule has 0 spiro atoms. The molecule has 0 aromatic heterocycles. The van der Waals surface area contributed by atoms with E-state index in [1.807, 2.05) is 0 Å². The number of alkyl halides is 2. The topological polar surface area (TPSA) is 66.4 Å². The van der Waals surface area contributed by atoms with Gasteiger partial charge in [0, 0.05) is 0 Å². The number of aromatic hydroxyl groups is 1. The maximum atomic E-state index is 12.0. The van der Waals surface area contributed by atoms with E-state index < -0.39 is 21.5 Å². The summed E-state index contributed by atoms with van der Waals surface area (Å²) in [6.45, 7) is 0. The average molecular weight is 258 g/mol. The second kappa shape index (κ2) is 4.19. The van der Waals surface area contributed by atoms with Crippen molar-refractivity contribution in [1.29, 1.82) is 0 Å². The number of hydrogen-bond acceptors (Lipinski definition) is 3. The van der Waals surface area contributed by atoms with Gasteiger partial charge in [-0.1, -0.05) is 17.7 Å². The van der Waals surface area contributed by atoms with E-state index in [0.29, 0.717) is 0 Å². The number of nitrogens with one attached hydrogen (secondary N) is 1. The third-order valence-electron chi connectivity index (χ3n) is 1.47. The van der Waals surface area contributed by atoms with Gasteiger partial charge in [-0.05, 0) is 12.1 Å². The summed E-state index contributed by atoms with van der Waals surface area (Å²) in [5.74, 6) is -4.17. The zero-order valence-corrected chi connectivity index (χ0v) is 8.69. The number of benzene rings is 1. The minimum absolute atomic E-state index is 0.135. The number of anilines is 1. The van der Waals surface area contributed by atoms with Crippen LogP contribution in [0, 0.1) is 0 Å². The van der Waals surface area contributed by atoms with Gasteiger partial charge in [0.25, 0.3) is 10.0 Å². The van der Waals surface area contributed by atoms with E-state index in [0.717, 1.165) is 6.07 Å². The van der Waals surface area contributed by atoms with E-state index in [-0.39, 0.29) is 10.7 Å². The van der Waals surface area contributed by atoms with Crippen LogP contribution in [0.25, 0.3) is 0 Å². The van der Waals surface area contributed by atoms with Crippen molar-refractivity contribution in [2.45, 2.75) is 5.76 Å². The predicted molar refractivity (Wildman–Crippen MR) is 51.7 cm³/mol. The fourth-order valence-electron chi connectivity index (χ4n) is 0.796. The Morgan fingerprint density at radius 3 is 2.53 bits per heavy atom. The third kappa shape index (κ3) is 2.69. The maximum absolute atomic E-state index is 12.0. The van der Waals surface area contributed by atoms with E-state index in [2.05, 4.69) is 0 Å². The van der Waals surface area contributed by atoms with Gasteiger partial charge in [0.1, 0.15) is 0 Å². The van der Waals surface area contributed by atoms with Crippen molar-refractivity contribution in [3.63, 3.8) is 0 Å². The summed E-state index contributed by atoms with van der Waals surface area (Å²) in [7, 11) is -4.79. The maximum Gasteiger partial charge on any atom is 0.355 e. The van der Waals surface area contributed by atoms with E-state index in [1.54, 1.807) is 0 Å². The number of rotatable bonds is 3. The summed E-state index contributed by atoms with van der Waals surface area (Å²) >= 11 is 5.45. The van der Waals surface area contributed by atoms with Gasteiger partial charge in [0.15, 0.2) is 5.75 Å². The Morgan fingerprint density at radius 2 is 2.00 bits per heavy atom. The summed E-state index contributed by atoms with van der Waals surface area (Å²) in [4.78, 5) is 0. The zero-order chi connectivity index (χ0) is 11.6. The molecule has 84 valence electrons. The highest BCUT2D eigenvalue weighted by molar-refractivity contribution is 7.93. The second-order valence-electron chi connectivity index (χ2n) is 2.54. The van der Waals surface area contributed by atoms with Crippen LogP contribution in [0.1, 0.15) is 0 Å². The van der Waals surface area contributed by atoms with Crippen LogP contribution in [-0.2, 0) is 10.0 Å². The molecule has 1 rings (SSSR count). The van der Waals surface area contributed by atoms with Crippen LogP contribution in [0.3, 0.4) is 0 Å². The molecule has 0 aliphatic carbocycles. The molecule has 0 saturated carbocycles. The summed E-state index contributed by atoms with van der Waals surface area (Å²) in [5.41, 5.74) is -0.386. The van der Waals surface area contributed by atoms with Crippen molar-refractivity contribution in [3.05, 3.63) is 23.2 Å². The molecule has 0 amide bonds. The highest BCUT2D eigenvalue weighted by atomic mass is 35.5. The molecule has 0 bridgehead atoms. The first-order valence-electron chi connectivity index (χ1n) is 3.62. The van der Waals surface area contributed by atoms with Gasteiger partial charge in [-0.25, -0.2) is 8.42 Å². The lowest BCUT2D eigenvalue weighted by atomic mass is 10.3. The smallest absolute Gasteiger partial charge is 0.355 e. The average Bonchev–Trinajstić information content (AvgIpc) is 2.12. The largest absolute Gasteiger partial charge is 0.504 e. The van der Waals surface area contributed by atoms with Crippen molar-refractivity contribution in [1.82, 2.24) is 0 Å². The van der Waals surface area contributed by atoms with Gasteiger partial charge in [-0.15, -0.1) is 0 Å². The molecule has 0 radical (unpaired) electrons. The molecule has 4 nitrogen and oxygen atoms in total. The van der Waals surface area contributed by atoms with E-state index in [9.17, 15) is 22.3 Å². The standard InChI is InChI=1S/C7H6ClF2NO3S/c8-4-2-1-3-5(6(4)12)11-15(13,14)7(9)10/h1-3,7,11-12H. The van der Waals surface area contributed by atoms with E-state index >= 15 is 0 Å². The molecule has 0 atom stereocenters. The van der Waals surface area contributed by atoms with Gasteiger partial charge in [0.2, 0.25) is 0 Å². The first kappa shape index (κ1) is 12.0. The number of phenols is 1. The van der Waals surface area contributed by atoms with Crippen molar-refractivity contribution in [2.75, 3.05) is 4.72 Å². The Morgan fingerprint density at radius 1 is 1.40 bits per heavy atom. The zero-order valence-electron chi connectivity index (χ0n) is 7.12. The lowest BCUT2D eigenvalue weighted by Crippen LogP contribution is -2.20. The molecular weight excluding hydrogens is 252 g/mol.